The summed E-state index contributed by atoms with van der Waals surface area (Å²) in [7, 11) is 0. The molecule has 0 bridgehead atoms. The third-order valence-electron chi connectivity index (χ3n) is 4.96. The Morgan fingerprint density at radius 3 is 2.83 bits per heavy atom. The van der Waals surface area contributed by atoms with Crippen LogP contribution in [0.2, 0.25) is 0 Å². The molecule has 3 aromatic rings. The van der Waals surface area contributed by atoms with Crippen LogP contribution in [0.5, 0.6) is 0 Å². The first kappa shape index (κ1) is 18.9. The summed E-state index contributed by atoms with van der Waals surface area (Å²) in [5, 5.41) is 13.3. The van der Waals surface area contributed by atoms with Crippen LogP contribution in [0.25, 0.3) is 11.3 Å². The Kier molecular flexibility index (Phi) is 4.87. The largest absolute Gasteiger partial charge is 0.360 e. The van der Waals surface area contributed by atoms with Crippen LogP contribution in [0, 0.1) is 19.7 Å². The number of nitrogens with one attached hydrogen (secondary N) is 2. The number of rotatable bonds is 4. The highest BCUT2D eigenvalue weighted by atomic mass is 19.1. The molecule has 9 heteroatoms. The van der Waals surface area contributed by atoms with E-state index in [1.165, 1.54) is 11.0 Å². The number of H-pyrrole nitrogens is 1. The number of aryl methyl sites for hydroxylation is 2. The zero-order valence-electron chi connectivity index (χ0n) is 16.0. The number of carbonyl (C=O) groups excluding carboxylic acids is 2. The molecule has 2 aromatic heterocycles. The predicted molar refractivity (Wildman–Crippen MR) is 103 cm³/mol. The van der Waals surface area contributed by atoms with Gasteiger partial charge in [0.25, 0.3) is 5.91 Å². The Bertz CT molecular complexity index is 1070. The number of hydrogen-bond donors (Lipinski definition) is 2. The molecule has 1 saturated heterocycles. The molecule has 29 heavy (non-hydrogen) atoms. The van der Waals surface area contributed by atoms with E-state index in [-0.39, 0.29) is 23.3 Å². The van der Waals surface area contributed by atoms with Crippen molar-refractivity contribution < 1.29 is 18.5 Å². The first-order valence-corrected chi connectivity index (χ1v) is 9.29. The molecule has 0 spiro atoms. The maximum absolute atomic E-state index is 13.5. The van der Waals surface area contributed by atoms with Gasteiger partial charge in [0.15, 0.2) is 5.82 Å². The van der Waals surface area contributed by atoms with Gasteiger partial charge in [-0.1, -0.05) is 5.16 Å². The molecule has 2 amide bonds. The highest BCUT2D eigenvalue weighted by Crippen LogP contribution is 2.24. The number of amides is 2. The number of hydrogen-bond acceptors (Lipinski definition) is 5. The van der Waals surface area contributed by atoms with Crippen molar-refractivity contribution >= 4 is 17.6 Å². The molecule has 3 heterocycles. The quantitative estimate of drug-likeness (QED) is 0.704. The van der Waals surface area contributed by atoms with Crippen LogP contribution in [0.15, 0.2) is 34.9 Å². The van der Waals surface area contributed by atoms with Crippen LogP contribution in [0.3, 0.4) is 0 Å². The fourth-order valence-corrected chi connectivity index (χ4v) is 3.46. The summed E-state index contributed by atoms with van der Waals surface area (Å²) in [5.74, 6) is -0.00796. The summed E-state index contributed by atoms with van der Waals surface area (Å²) in [6, 6.07) is 7.28. The summed E-state index contributed by atoms with van der Waals surface area (Å²) in [6.07, 6.45) is 1.28. The highest BCUT2D eigenvalue weighted by molar-refractivity contribution is 6.00. The third kappa shape index (κ3) is 3.75. The smallest absolute Gasteiger partial charge is 0.272 e. The van der Waals surface area contributed by atoms with Crippen LogP contribution >= 0.6 is 0 Å². The Labute approximate surface area is 166 Å². The van der Waals surface area contributed by atoms with Crippen molar-refractivity contribution in [3.63, 3.8) is 0 Å². The van der Waals surface area contributed by atoms with Crippen molar-refractivity contribution in [1.82, 2.24) is 20.3 Å². The van der Waals surface area contributed by atoms with Crippen molar-refractivity contribution in [2.24, 2.45) is 0 Å². The molecule has 0 unspecified atom stereocenters. The van der Waals surface area contributed by atoms with Gasteiger partial charge in [0.1, 0.15) is 23.3 Å². The molecule has 1 fully saturated rings. The number of benzene rings is 1. The number of halogens is 1. The maximum Gasteiger partial charge on any atom is 0.272 e. The van der Waals surface area contributed by atoms with Crippen molar-refractivity contribution in [3.05, 3.63) is 53.2 Å². The van der Waals surface area contributed by atoms with Gasteiger partial charge in [-0.2, -0.15) is 5.10 Å². The minimum atomic E-state index is -0.598. The lowest BCUT2D eigenvalue weighted by molar-refractivity contribution is -0.119. The molecule has 0 saturated carbocycles. The lowest BCUT2D eigenvalue weighted by Crippen LogP contribution is -2.43. The van der Waals surface area contributed by atoms with Crippen molar-refractivity contribution in [2.75, 3.05) is 11.9 Å². The Morgan fingerprint density at radius 2 is 2.10 bits per heavy atom. The predicted octanol–water partition coefficient (Wildman–Crippen LogP) is 3.06. The topological polar surface area (TPSA) is 104 Å². The summed E-state index contributed by atoms with van der Waals surface area (Å²) in [6.45, 7) is 3.87. The van der Waals surface area contributed by atoms with E-state index in [4.69, 9.17) is 4.52 Å². The maximum atomic E-state index is 13.5. The van der Waals surface area contributed by atoms with E-state index < -0.39 is 6.04 Å². The standard InChI is InChI=1S/C20H20FN5O3/c1-11-8-13(5-6-14(11)21)15-10-16(24-23-15)20(28)26-7-3-4-17(26)19(27)22-18-9-12(2)29-25-18/h5-6,8-10,17H,3-4,7H2,1-2H3,(H,23,24)(H,22,25,27)/t17-/m1/s1. The number of aromatic nitrogens is 3. The van der Waals surface area contributed by atoms with Gasteiger partial charge in [-0.3, -0.25) is 14.7 Å². The lowest BCUT2D eigenvalue weighted by atomic mass is 10.1. The Balaban J connectivity index is 1.50. The monoisotopic (exact) mass is 397 g/mol. The molecule has 8 nitrogen and oxygen atoms in total. The summed E-state index contributed by atoms with van der Waals surface area (Å²) in [5.41, 5.74) is 2.02. The minimum Gasteiger partial charge on any atom is -0.360 e. The average Bonchev–Trinajstić information content (AvgIpc) is 3.44. The average molecular weight is 397 g/mol. The van der Waals surface area contributed by atoms with Gasteiger partial charge in [0, 0.05) is 18.2 Å². The van der Waals surface area contributed by atoms with E-state index in [0.717, 1.165) is 6.42 Å². The number of nitrogens with zero attached hydrogens (tertiary/aromatic N) is 3. The normalized spacial score (nSPS) is 16.2. The van der Waals surface area contributed by atoms with Crippen LogP contribution in [0.1, 0.15) is 34.7 Å². The minimum absolute atomic E-state index is 0.277. The van der Waals surface area contributed by atoms with Gasteiger partial charge in [-0.05, 0) is 56.5 Å². The fraction of sp³-hybridized carbons (Fsp3) is 0.300. The van der Waals surface area contributed by atoms with Gasteiger partial charge >= 0.3 is 0 Å². The number of aromatic amines is 1. The van der Waals surface area contributed by atoms with Crippen molar-refractivity contribution in [2.45, 2.75) is 32.7 Å². The van der Waals surface area contributed by atoms with Gasteiger partial charge in [0.05, 0.1) is 5.69 Å². The van der Waals surface area contributed by atoms with E-state index in [1.54, 1.807) is 38.1 Å². The van der Waals surface area contributed by atoms with E-state index in [2.05, 4.69) is 20.7 Å². The van der Waals surface area contributed by atoms with E-state index in [9.17, 15) is 14.0 Å². The molecule has 1 atom stereocenters. The van der Waals surface area contributed by atoms with Gasteiger partial charge in [0.2, 0.25) is 5.91 Å². The summed E-state index contributed by atoms with van der Waals surface area (Å²) in [4.78, 5) is 27.1. The first-order valence-electron chi connectivity index (χ1n) is 9.29. The highest BCUT2D eigenvalue weighted by Gasteiger charge is 2.35. The van der Waals surface area contributed by atoms with Gasteiger partial charge in [-0.25, -0.2) is 4.39 Å². The molecule has 0 radical (unpaired) electrons. The molecule has 1 aliphatic rings. The molecular formula is C20H20FN5O3. The Hall–Kier alpha value is -3.49. The van der Waals surface area contributed by atoms with Crippen LogP contribution < -0.4 is 5.32 Å². The van der Waals surface area contributed by atoms with Gasteiger partial charge in [-0.15, -0.1) is 0 Å². The molecule has 0 aliphatic carbocycles. The zero-order chi connectivity index (χ0) is 20.5. The number of anilines is 1. The van der Waals surface area contributed by atoms with Gasteiger partial charge < -0.3 is 14.7 Å². The van der Waals surface area contributed by atoms with Crippen LogP contribution in [-0.4, -0.2) is 44.7 Å². The van der Waals surface area contributed by atoms with Crippen molar-refractivity contribution in [1.29, 1.82) is 0 Å². The summed E-state index contributed by atoms with van der Waals surface area (Å²) >= 11 is 0. The van der Waals surface area contributed by atoms with E-state index in [1.807, 2.05) is 0 Å². The molecule has 150 valence electrons. The Morgan fingerprint density at radius 1 is 1.28 bits per heavy atom. The van der Waals surface area contributed by atoms with Crippen LogP contribution in [-0.2, 0) is 4.79 Å². The SMILES string of the molecule is Cc1cc(NC(=O)[C@H]2CCCN2C(=O)c2cc(-c3ccc(F)c(C)c3)n[nH]2)no1. The zero-order valence-corrected chi connectivity index (χ0v) is 16.0. The molecular weight excluding hydrogens is 377 g/mol. The second kappa shape index (κ2) is 7.50. The second-order valence-corrected chi connectivity index (χ2v) is 7.10. The van der Waals surface area contributed by atoms with E-state index >= 15 is 0 Å². The first-order chi connectivity index (χ1) is 13.9. The molecule has 4 rings (SSSR count). The molecule has 2 N–H and O–H groups in total. The molecule has 1 aliphatic heterocycles. The van der Waals surface area contributed by atoms with Crippen LogP contribution in [0.4, 0.5) is 10.2 Å². The molecule has 1 aromatic carbocycles. The number of carbonyl (C=O) groups is 2. The fourth-order valence-electron chi connectivity index (χ4n) is 3.46. The number of likely N-dealkylation sites (tertiary alicyclic amines) is 1. The second-order valence-electron chi connectivity index (χ2n) is 7.10. The van der Waals surface area contributed by atoms with E-state index in [0.29, 0.717) is 41.4 Å². The van der Waals surface area contributed by atoms with Crippen molar-refractivity contribution in [3.8, 4) is 11.3 Å². The summed E-state index contributed by atoms with van der Waals surface area (Å²) < 4.78 is 18.4. The lowest BCUT2D eigenvalue weighted by Gasteiger charge is -2.22. The third-order valence-corrected chi connectivity index (χ3v) is 4.96.